The second kappa shape index (κ2) is 12.2. The fraction of sp³-hybridized carbons (Fsp3) is 0.889. The van der Waals surface area contributed by atoms with Gasteiger partial charge in [0.15, 0.2) is 0 Å². The summed E-state index contributed by atoms with van der Waals surface area (Å²) in [6, 6.07) is 0. The Morgan fingerprint density at radius 1 is 1.00 bits per heavy atom. The van der Waals surface area contributed by atoms with E-state index in [1.807, 2.05) is 27.7 Å². The maximum Gasteiger partial charge on any atom is 0.339 e. The fourth-order valence-corrected chi connectivity index (χ4v) is 1.45. The fourth-order valence-electron chi connectivity index (χ4n) is 1.45. The molecule has 2 unspecified atom stereocenters. The molecule has 0 spiro atoms. The summed E-state index contributed by atoms with van der Waals surface area (Å²) in [4.78, 5) is 40.4. The second-order valence-electron chi connectivity index (χ2n) is 7.85. The smallest absolute Gasteiger partial charge is 0.339 e. The molecule has 0 heterocycles. The van der Waals surface area contributed by atoms with Crippen molar-refractivity contribution in [3.05, 3.63) is 0 Å². The maximum absolute atomic E-state index is 11.0. The molecule has 0 amide bonds. The van der Waals surface area contributed by atoms with Crippen molar-refractivity contribution in [3.63, 3.8) is 0 Å². The number of carboxylic acids is 1. The Balaban J connectivity index is 0. The average Bonchev–Trinajstić information content (AvgIpc) is 2.42. The molecule has 0 aromatic rings. The van der Waals surface area contributed by atoms with Gasteiger partial charge in [-0.1, -0.05) is 19.8 Å². The standard InChI is InChI=1S/C12H24O4.C6H12O3/c1-6-7-8-10(11(13)14)9(2)15-16-12(3,4)5;1-5(7)8-9-6(2,3)4/h9-10H,6-8H2,1-5H3,(H,13,14);1-4H3. The molecule has 0 bridgehead atoms. The van der Waals surface area contributed by atoms with E-state index in [-0.39, 0.29) is 0 Å². The number of hydrogen-bond donors (Lipinski definition) is 1. The van der Waals surface area contributed by atoms with E-state index >= 15 is 0 Å². The van der Waals surface area contributed by atoms with E-state index < -0.39 is 35.2 Å². The lowest BCUT2D eigenvalue weighted by Gasteiger charge is -2.24. The minimum absolute atomic E-state index is 0.411. The highest BCUT2D eigenvalue weighted by molar-refractivity contribution is 5.70. The molecule has 0 saturated heterocycles. The van der Waals surface area contributed by atoms with Crippen LogP contribution in [0.5, 0.6) is 0 Å². The molecule has 0 aliphatic heterocycles. The first kappa shape index (κ1) is 26.1. The third-order valence-corrected chi connectivity index (χ3v) is 2.61. The normalized spacial score (nSPS) is 14.1. The van der Waals surface area contributed by atoms with Crippen molar-refractivity contribution in [2.24, 2.45) is 5.92 Å². The van der Waals surface area contributed by atoms with E-state index in [1.165, 1.54) is 6.92 Å². The highest BCUT2D eigenvalue weighted by Gasteiger charge is 2.27. The van der Waals surface area contributed by atoms with Crippen LogP contribution < -0.4 is 0 Å². The summed E-state index contributed by atoms with van der Waals surface area (Å²) in [5.41, 5.74) is -0.826. The Hall–Kier alpha value is -1.18. The van der Waals surface area contributed by atoms with E-state index in [9.17, 15) is 9.59 Å². The molecule has 0 aromatic heterocycles. The highest BCUT2D eigenvalue weighted by Crippen LogP contribution is 2.19. The van der Waals surface area contributed by atoms with Crippen molar-refractivity contribution >= 4 is 11.9 Å². The van der Waals surface area contributed by atoms with Crippen molar-refractivity contribution in [1.82, 2.24) is 0 Å². The zero-order valence-corrected chi connectivity index (χ0v) is 17.2. The number of carbonyl (C=O) groups excluding carboxylic acids is 1. The van der Waals surface area contributed by atoms with E-state index in [0.29, 0.717) is 6.42 Å². The number of carboxylic acid groups (broad SMARTS) is 1. The van der Waals surface area contributed by atoms with Crippen LogP contribution in [-0.2, 0) is 29.1 Å². The quantitative estimate of drug-likeness (QED) is 0.507. The Morgan fingerprint density at radius 3 is 1.76 bits per heavy atom. The van der Waals surface area contributed by atoms with Gasteiger partial charge in [0.1, 0.15) is 11.7 Å². The van der Waals surface area contributed by atoms with Gasteiger partial charge in [-0.2, -0.15) is 4.89 Å². The van der Waals surface area contributed by atoms with Crippen LogP contribution >= 0.6 is 0 Å². The van der Waals surface area contributed by atoms with Crippen LogP contribution in [0.4, 0.5) is 0 Å². The molecule has 0 aliphatic rings. The van der Waals surface area contributed by atoms with Gasteiger partial charge in [-0.15, -0.1) is 0 Å². The topological polar surface area (TPSA) is 91.3 Å². The monoisotopic (exact) mass is 364 g/mol. The number of carbonyl (C=O) groups is 2. The third kappa shape index (κ3) is 19.0. The van der Waals surface area contributed by atoms with E-state index in [1.54, 1.807) is 27.7 Å². The first-order valence-corrected chi connectivity index (χ1v) is 8.63. The van der Waals surface area contributed by atoms with Gasteiger partial charge in [0.2, 0.25) is 0 Å². The zero-order valence-electron chi connectivity index (χ0n) is 17.2. The van der Waals surface area contributed by atoms with E-state index in [4.69, 9.17) is 14.9 Å². The van der Waals surface area contributed by atoms with Crippen molar-refractivity contribution in [3.8, 4) is 0 Å². The molecule has 2 atom stereocenters. The molecule has 0 aliphatic carbocycles. The molecule has 1 N–H and O–H groups in total. The largest absolute Gasteiger partial charge is 0.481 e. The molecule has 150 valence electrons. The molecule has 0 saturated carbocycles. The van der Waals surface area contributed by atoms with Gasteiger partial charge < -0.3 is 5.11 Å². The van der Waals surface area contributed by atoms with Gasteiger partial charge in [0, 0.05) is 6.92 Å². The van der Waals surface area contributed by atoms with Crippen LogP contribution in [0.25, 0.3) is 0 Å². The first-order chi connectivity index (χ1) is 11.2. The highest BCUT2D eigenvalue weighted by atomic mass is 17.2. The minimum Gasteiger partial charge on any atom is -0.481 e. The number of rotatable bonds is 8. The number of hydrogen-bond acceptors (Lipinski definition) is 6. The number of aliphatic carboxylic acids is 1. The molecule has 7 nitrogen and oxygen atoms in total. The molecule has 0 aromatic carbocycles. The lowest BCUT2D eigenvalue weighted by molar-refractivity contribution is -0.376. The summed E-state index contributed by atoms with van der Waals surface area (Å²) in [5, 5.41) is 9.06. The molecule has 0 radical (unpaired) electrons. The van der Waals surface area contributed by atoms with Crippen LogP contribution in [-0.4, -0.2) is 34.4 Å². The average molecular weight is 364 g/mol. The third-order valence-electron chi connectivity index (χ3n) is 2.61. The Morgan fingerprint density at radius 2 is 1.48 bits per heavy atom. The van der Waals surface area contributed by atoms with Crippen LogP contribution in [0.15, 0.2) is 0 Å². The molecule has 0 rings (SSSR count). The van der Waals surface area contributed by atoms with Crippen molar-refractivity contribution in [1.29, 1.82) is 0 Å². The van der Waals surface area contributed by atoms with Crippen LogP contribution in [0, 0.1) is 5.92 Å². The van der Waals surface area contributed by atoms with Crippen LogP contribution in [0.2, 0.25) is 0 Å². The summed E-state index contributed by atoms with van der Waals surface area (Å²) >= 11 is 0. The Kier molecular flexibility index (Phi) is 12.7. The predicted molar refractivity (Wildman–Crippen MR) is 94.6 cm³/mol. The minimum atomic E-state index is -0.821. The molecule has 7 heteroatoms. The zero-order chi connectivity index (χ0) is 20.3. The first-order valence-electron chi connectivity index (χ1n) is 8.63. The van der Waals surface area contributed by atoms with Gasteiger partial charge in [-0.3, -0.25) is 9.68 Å². The molecular weight excluding hydrogens is 328 g/mol. The summed E-state index contributed by atoms with van der Waals surface area (Å²) in [7, 11) is 0. The van der Waals surface area contributed by atoms with Gasteiger partial charge in [0.25, 0.3) is 0 Å². The van der Waals surface area contributed by atoms with Gasteiger partial charge in [0.05, 0.1) is 11.5 Å². The summed E-state index contributed by atoms with van der Waals surface area (Å²) < 4.78 is 0. The Bertz CT molecular complexity index is 380. The lowest BCUT2D eigenvalue weighted by Crippen LogP contribution is -2.31. The van der Waals surface area contributed by atoms with Gasteiger partial charge in [-0.25, -0.2) is 14.6 Å². The summed E-state index contributed by atoms with van der Waals surface area (Å²) in [6.45, 7) is 16.1. The second-order valence-corrected chi connectivity index (χ2v) is 7.85. The van der Waals surface area contributed by atoms with Crippen LogP contribution in [0.1, 0.15) is 81.6 Å². The van der Waals surface area contributed by atoms with E-state index in [2.05, 4.69) is 9.78 Å². The van der Waals surface area contributed by atoms with Crippen molar-refractivity contribution < 1.29 is 34.2 Å². The molecular formula is C18H36O7. The maximum atomic E-state index is 11.0. The molecule has 25 heavy (non-hydrogen) atoms. The predicted octanol–water partition coefficient (Wildman–Crippen LogP) is 4.29. The van der Waals surface area contributed by atoms with E-state index in [0.717, 1.165) is 12.8 Å². The summed E-state index contributed by atoms with van der Waals surface area (Å²) in [5.74, 6) is -1.74. The lowest BCUT2D eigenvalue weighted by atomic mass is 9.97. The summed E-state index contributed by atoms with van der Waals surface area (Å²) in [6.07, 6.45) is 2.07. The van der Waals surface area contributed by atoms with Crippen molar-refractivity contribution in [2.45, 2.75) is 98.9 Å². The SMILES string of the molecule is CC(=O)OOC(C)(C)C.CCCCC(C(=O)O)C(C)OOC(C)(C)C. The Labute approximate surface area is 151 Å². The van der Waals surface area contributed by atoms with Gasteiger partial charge in [-0.05, 0) is 54.9 Å². The molecule has 0 fully saturated rings. The van der Waals surface area contributed by atoms with Gasteiger partial charge >= 0.3 is 11.9 Å². The van der Waals surface area contributed by atoms with Crippen molar-refractivity contribution in [2.75, 3.05) is 0 Å². The number of unbranched alkanes of at least 4 members (excludes halogenated alkanes) is 1. The van der Waals surface area contributed by atoms with Crippen LogP contribution in [0.3, 0.4) is 0 Å².